The molecule has 2 heterocycles. The van der Waals surface area contributed by atoms with Gasteiger partial charge >= 0.3 is 0 Å². The predicted molar refractivity (Wildman–Crippen MR) is 67.3 cm³/mol. The van der Waals surface area contributed by atoms with E-state index in [2.05, 4.69) is 9.97 Å². The van der Waals surface area contributed by atoms with E-state index in [1.807, 2.05) is 0 Å². The van der Waals surface area contributed by atoms with Gasteiger partial charge in [-0.15, -0.1) is 0 Å². The van der Waals surface area contributed by atoms with Crippen molar-refractivity contribution in [3.05, 3.63) is 18.0 Å². The monoisotopic (exact) mass is 270 g/mol. The van der Waals surface area contributed by atoms with Crippen LogP contribution in [0.15, 0.2) is 17.4 Å². The molecule has 0 bridgehead atoms. The predicted octanol–water partition coefficient (Wildman–Crippen LogP) is 0.144. The third-order valence-electron chi connectivity index (χ3n) is 3.16. The average molecular weight is 270 g/mol. The molecule has 0 aliphatic carbocycles. The lowest BCUT2D eigenvalue weighted by molar-refractivity contribution is 0.270. The van der Waals surface area contributed by atoms with Crippen molar-refractivity contribution in [3.8, 4) is 0 Å². The van der Waals surface area contributed by atoms with Gasteiger partial charge in [0.25, 0.3) is 15.2 Å². The first kappa shape index (κ1) is 13.4. The lowest BCUT2D eigenvalue weighted by atomic mass is 10.0. The van der Waals surface area contributed by atoms with E-state index < -0.39 is 10.0 Å². The smallest absolute Gasteiger partial charge is 0.278 e. The third-order valence-corrected chi connectivity index (χ3v) is 4.83. The van der Waals surface area contributed by atoms with Crippen LogP contribution in [-0.4, -0.2) is 42.3 Å². The van der Waals surface area contributed by atoms with Crippen LogP contribution in [0, 0.1) is 12.8 Å². The molecule has 6 nitrogen and oxygen atoms in total. The van der Waals surface area contributed by atoms with Crippen molar-refractivity contribution < 1.29 is 8.42 Å². The molecule has 2 rings (SSSR count). The summed E-state index contributed by atoms with van der Waals surface area (Å²) in [7, 11) is -3.57. The molecule has 0 aromatic carbocycles. The zero-order valence-electron chi connectivity index (χ0n) is 10.4. The lowest BCUT2D eigenvalue weighted by Crippen LogP contribution is -2.42. The van der Waals surface area contributed by atoms with Crippen LogP contribution in [0.1, 0.15) is 18.5 Å². The van der Waals surface area contributed by atoms with E-state index in [1.54, 1.807) is 13.0 Å². The number of sulfonamides is 1. The summed E-state index contributed by atoms with van der Waals surface area (Å²) in [5.74, 6) is 0.235. The van der Waals surface area contributed by atoms with E-state index in [9.17, 15) is 8.42 Å². The second kappa shape index (κ2) is 5.29. The summed E-state index contributed by atoms with van der Waals surface area (Å²) < 4.78 is 26.2. The molecule has 0 saturated carbocycles. The first-order valence-corrected chi connectivity index (χ1v) is 7.48. The standard InChI is InChI=1S/C11H18N4O2S/c1-9-4-5-13-11(14-9)18(16,17)15-6-2-3-10(7-12)8-15/h4-5,10H,2-3,6-8,12H2,1H3. The topological polar surface area (TPSA) is 89.2 Å². The highest BCUT2D eigenvalue weighted by atomic mass is 32.2. The molecule has 1 aromatic rings. The van der Waals surface area contributed by atoms with Gasteiger partial charge in [-0.1, -0.05) is 0 Å². The molecule has 0 spiro atoms. The molecule has 100 valence electrons. The maximum absolute atomic E-state index is 12.4. The zero-order chi connectivity index (χ0) is 13.2. The number of hydrogen-bond donors (Lipinski definition) is 1. The van der Waals surface area contributed by atoms with Gasteiger partial charge in [0, 0.05) is 25.0 Å². The molecule has 1 aliphatic rings. The minimum Gasteiger partial charge on any atom is -0.330 e. The fraction of sp³-hybridized carbons (Fsp3) is 0.636. The van der Waals surface area contributed by atoms with Gasteiger partial charge in [0.15, 0.2) is 0 Å². The van der Waals surface area contributed by atoms with Gasteiger partial charge in [-0.05, 0) is 38.3 Å². The summed E-state index contributed by atoms with van der Waals surface area (Å²) in [5, 5.41) is -0.111. The summed E-state index contributed by atoms with van der Waals surface area (Å²) >= 11 is 0. The zero-order valence-corrected chi connectivity index (χ0v) is 11.2. The molecule has 1 unspecified atom stereocenters. The molecule has 0 radical (unpaired) electrons. The molecule has 1 atom stereocenters. The van der Waals surface area contributed by atoms with Crippen LogP contribution < -0.4 is 5.73 Å². The Morgan fingerprint density at radius 1 is 1.56 bits per heavy atom. The van der Waals surface area contributed by atoms with Crippen LogP contribution in [0.2, 0.25) is 0 Å². The van der Waals surface area contributed by atoms with E-state index in [1.165, 1.54) is 10.5 Å². The van der Waals surface area contributed by atoms with Crippen molar-refractivity contribution >= 4 is 10.0 Å². The van der Waals surface area contributed by atoms with Gasteiger partial charge in [-0.25, -0.2) is 18.4 Å². The molecule has 7 heteroatoms. The summed E-state index contributed by atoms with van der Waals surface area (Å²) in [4.78, 5) is 7.86. The van der Waals surface area contributed by atoms with Crippen LogP contribution >= 0.6 is 0 Å². The quantitative estimate of drug-likeness (QED) is 0.789. The van der Waals surface area contributed by atoms with Crippen molar-refractivity contribution in [3.63, 3.8) is 0 Å². The Labute approximate surface area is 107 Å². The Kier molecular flexibility index (Phi) is 3.94. The molecule has 1 fully saturated rings. The molecule has 2 N–H and O–H groups in total. The number of nitrogens with zero attached hydrogens (tertiary/aromatic N) is 3. The van der Waals surface area contributed by atoms with Gasteiger partial charge < -0.3 is 5.73 Å². The molecule has 1 saturated heterocycles. The second-order valence-corrected chi connectivity index (χ2v) is 6.42. The van der Waals surface area contributed by atoms with Crippen LogP contribution in [0.4, 0.5) is 0 Å². The number of aromatic nitrogens is 2. The minimum atomic E-state index is -3.57. The van der Waals surface area contributed by atoms with Gasteiger partial charge in [-0.2, -0.15) is 4.31 Å². The van der Waals surface area contributed by atoms with Crippen molar-refractivity contribution in [2.45, 2.75) is 24.9 Å². The Morgan fingerprint density at radius 2 is 2.33 bits per heavy atom. The van der Waals surface area contributed by atoms with E-state index in [0.717, 1.165) is 12.8 Å². The first-order chi connectivity index (χ1) is 8.54. The van der Waals surface area contributed by atoms with Crippen molar-refractivity contribution in [2.24, 2.45) is 11.7 Å². The summed E-state index contributed by atoms with van der Waals surface area (Å²) in [6, 6.07) is 1.68. The van der Waals surface area contributed by atoms with Crippen LogP contribution in [-0.2, 0) is 10.0 Å². The van der Waals surface area contributed by atoms with Crippen molar-refractivity contribution in [1.82, 2.24) is 14.3 Å². The Balaban J connectivity index is 2.25. The maximum atomic E-state index is 12.4. The highest BCUT2D eigenvalue weighted by molar-refractivity contribution is 7.88. The fourth-order valence-corrected chi connectivity index (χ4v) is 3.56. The Hall–Kier alpha value is -1.05. The van der Waals surface area contributed by atoms with Gasteiger partial charge in [0.05, 0.1) is 0 Å². The molecule has 0 amide bonds. The van der Waals surface area contributed by atoms with Crippen LogP contribution in [0.3, 0.4) is 0 Å². The van der Waals surface area contributed by atoms with E-state index >= 15 is 0 Å². The maximum Gasteiger partial charge on any atom is 0.278 e. The number of nitrogens with two attached hydrogens (primary N) is 1. The first-order valence-electron chi connectivity index (χ1n) is 6.04. The van der Waals surface area contributed by atoms with Crippen LogP contribution in [0.5, 0.6) is 0 Å². The van der Waals surface area contributed by atoms with E-state index in [-0.39, 0.29) is 11.1 Å². The number of aryl methyl sites for hydroxylation is 1. The van der Waals surface area contributed by atoms with Gasteiger partial charge in [0.2, 0.25) is 0 Å². The highest BCUT2D eigenvalue weighted by Crippen LogP contribution is 2.21. The largest absolute Gasteiger partial charge is 0.330 e. The van der Waals surface area contributed by atoms with Gasteiger partial charge in [-0.3, -0.25) is 0 Å². The van der Waals surface area contributed by atoms with Gasteiger partial charge in [0.1, 0.15) is 0 Å². The van der Waals surface area contributed by atoms with Crippen molar-refractivity contribution in [2.75, 3.05) is 19.6 Å². The normalized spacial score (nSPS) is 22.0. The SMILES string of the molecule is Cc1ccnc(S(=O)(=O)N2CCCC(CN)C2)n1. The second-order valence-electron chi connectivity index (χ2n) is 4.59. The summed E-state index contributed by atoms with van der Waals surface area (Å²) in [6.07, 6.45) is 3.30. The Bertz CT molecular complexity index is 518. The highest BCUT2D eigenvalue weighted by Gasteiger charge is 2.31. The third kappa shape index (κ3) is 2.68. The minimum absolute atomic E-state index is 0.111. The Morgan fingerprint density at radius 3 is 3.00 bits per heavy atom. The number of rotatable bonds is 3. The summed E-state index contributed by atoms with van der Waals surface area (Å²) in [5.41, 5.74) is 6.27. The fourth-order valence-electron chi connectivity index (χ4n) is 2.10. The molecular weight excluding hydrogens is 252 g/mol. The molecule has 1 aromatic heterocycles. The molecule has 1 aliphatic heterocycles. The van der Waals surface area contributed by atoms with E-state index in [0.29, 0.717) is 25.3 Å². The summed E-state index contributed by atoms with van der Waals surface area (Å²) in [6.45, 7) is 3.26. The lowest BCUT2D eigenvalue weighted by Gasteiger charge is -2.30. The van der Waals surface area contributed by atoms with E-state index in [4.69, 9.17) is 5.73 Å². The number of hydrogen-bond acceptors (Lipinski definition) is 5. The molecule has 18 heavy (non-hydrogen) atoms. The number of piperidine rings is 1. The van der Waals surface area contributed by atoms with Crippen LogP contribution in [0.25, 0.3) is 0 Å². The average Bonchev–Trinajstić information content (AvgIpc) is 2.39. The molecular formula is C11H18N4O2S. The van der Waals surface area contributed by atoms with Crippen molar-refractivity contribution in [1.29, 1.82) is 0 Å².